The number of aromatic nitrogens is 4. The van der Waals surface area contributed by atoms with E-state index in [1.54, 1.807) is 29.7 Å². The van der Waals surface area contributed by atoms with Crippen molar-refractivity contribution in [2.75, 3.05) is 13.1 Å². The minimum Gasteiger partial charge on any atom is -0.463 e. The predicted octanol–water partition coefficient (Wildman–Crippen LogP) is 2.85. The molecule has 4 heterocycles. The normalized spacial score (nSPS) is 18.0. The van der Waals surface area contributed by atoms with E-state index in [0.29, 0.717) is 23.7 Å². The van der Waals surface area contributed by atoms with Crippen molar-refractivity contribution >= 4 is 17.2 Å². The van der Waals surface area contributed by atoms with Crippen LogP contribution in [0.4, 0.5) is 0 Å². The highest BCUT2D eigenvalue weighted by atomic mass is 32.1. The van der Waals surface area contributed by atoms with Gasteiger partial charge in [0.25, 0.3) is 5.91 Å². The number of carbonyl (C=O) groups excluding carboxylic acids is 1. The molecule has 4 rings (SSSR count). The molecule has 24 heavy (non-hydrogen) atoms. The van der Waals surface area contributed by atoms with Gasteiger partial charge < -0.3 is 9.32 Å². The molecule has 7 nitrogen and oxygen atoms in total. The molecule has 1 aliphatic rings. The minimum atomic E-state index is -0.0602. The van der Waals surface area contributed by atoms with Crippen molar-refractivity contribution in [3.05, 3.63) is 40.2 Å². The fraction of sp³-hybridized carbons (Fsp3) is 0.375. The first-order valence-electron chi connectivity index (χ1n) is 7.89. The maximum atomic E-state index is 12.7. The van der Waals surface area contributed by atoms with Crippen molar-refractivity contribution in [3.8, 4) is 11.5 Å². The first-order valence-corrected chi connectivity index (χ1v) is 8.71. The number of aryl methyl sites for hydroxylation is 1. The molecule has 0 aromatic carbocycles. The zero-order valence-corrected chi connectivity index (χ0v) is 14.0. The number of carbonyl (C=O) groups is 1. The van der Waals surface area contributed by atoms with Gasteiger partial charge in [-0.25, -0.2) is 0 Å². The number of hydrogen-bond donors (Lipinski definition) is 1. The van der Waals surface area contributed by atoms with E-state index in [4.69, 9.17) is 4.42 Å². The van der Waals surface area contributed by atoms with E-state index in [9.17, 15) is 4.79 Å². The Morgan fingerprint density at radius 1 is 1.46 bits per heavy atom. The van der Waals surface area contributed by atoms with E-state index >= 15 is 0 Å². The summed E-state index contributed by atoms with van der Waals surface area (Å²) in [5.41, 5.74) is 1.12. The van der Waals surface area contributed by atoms with Gasteiger partial charge in [-0.15, -0.1) is 21.5 Å². The second-order valence-corrected chi connectivity index (χ2v) is 7.11. The van der Waals surface area contributed by atoms with E-state index in [-0.39, 0.29) is 11.8 Å². The second-order valence-electron chi connectivity index (χ2n) is 5.89. The molecule has 0 bridgehead atoms. The SMILES string of the molecule is Cc1nnc(C2CCCN(C(=O)c3cc(-c4ccco4)[nH]n3)C2)s1. The lowest BCUT2D eigenvalue weighted by molar-refractivity contribution is 0.0701. The molecule has 0 saturated carbocycles. The van der Waals surface area contributed by atoms with Crippen molar-refractivity contribution in [1.82, 2.24) is 25.3 Å². The number of hydrogen-bond acceptors (Lipinski definition) is 6. The topological polar surface area (TPSA) is 87.9 Å². The van der Waals surface area contributed by atoms with E-state index in [0.717, 1.165) is 29.4 Å². The highest BCUT2D eigenvalue weighted by Gasteiger charge is 2.28. The number of likely N-dealkylation sites (tertiary alicyclic amines) is 1. The number of H-pyrrole nitrogens is 1. The number of aromatic amines is 1. The third-order valence-electron chi connectivity index (χ3n) is 4.18. The fourth-order valence-corrected chi connectivity index (χ4v) is 3.82. The number of nitrogens with one attached hydrogen (secondary N) is 1. The maximum Gasteiger partial charge on any atom is 0.274 e. The Morgan fingerprint density at radius 2 is 2.38 bits per heavy atom. The van der Waals surface area contributed by atoms with Gasteiger partial charge >= 0.3 is 0 Å². The smallest absolute Gasteiger partial charge is 0.274 e. The fourth-order valence-electron chi connectivity index (χ4n) is 2.99. The van der Waals surface area contributed by atoms with Crippen molar-refractivity contribution < 1.29 is 9.21 Å². The van der Waals surface area contributed by atoms with Crippen LogP contribution < -0.4 is 0 Å². The Kier molecular flexibility index (Phi) is 3.89. The summed E-state index contributed by atoms with van der Waals surface area (Å²) in [6.07, 6.45) is 3.60. The minimum absolute atomic E-state index is 0.0602. The van der Waals surface area contributed by atoms with Gasteiger partial charge in [0.1, 0.15) is 15.7 Å². The number of nitrogens with zero attached hydrogens (tertiary/aromatic N) is 4. The summed E-state index contributed by atoms with van der Waals surface area (Å²) in [6, 6.07) is 5.37. The zero-order valence-electron chi connectivity index (χ0n) is 13.2. The van der Waals surface area contributed by atoms with E-state index in [1.165, 1.54) is 0 Å². The van der Waals surface area contributed by atoms with Crippen LogP contribution in [0.1, 0.15) is 39.3 Å². The molecule has 8 heteroatoms. The molecule has 3 aromatic heterocycles. The van der Waals surface area contributed by atoms with Crippen molar-refractivity contribution in [2.24, 2.45) is 0 Å². The van der Waals surface area contributed by atoms with Gasteiger partial charge in [-0.3, -0.25) is 9.89 Å². The second kappa shape index (κ2) is 6.20. The summed E-state index contributed by atoms with van der Waals surface area (Å²) in [5, 5.41) is 17.3. The Balaban J connectivity index is 1.50. The molecule has 1 atom stereocenters. The molecule has 3 aromatic rings. The van der Waals surface area contributed by atoms with Gasteiger partial charge in [0.05, 0.1) is 6.26 Å². The summed E-state index contributed by atoms with van der Waals surface area (Å²) in [5.74, 6) is 0.870. The molecule has 1 amide bonds. The van der Waals surface area contributed by atoms with Crippen molar-refractivity contribution in [3.63, 3.8) is 0 Å². The number of amides is 1. The molecule has 1 saturated heterocycles. The largest absolute Gasteiger partial charge is 0.463 e. The third kappa shape index (κ3) is 2.84. The predicted molar refractivity (Wildman–Crippen MR) is 88.8 cm³/mol. The van der Waals surface area contributed by atoms with Crippen LogP contribution >= 0.6 is 11.3 Å². The molecule has 0 radical (unpaired) electrons. The summed E-state index contributed by atoms with van der Waals surface area (Å²) < 4.78 is 5.33. The molecule has 1 N–H and O–H groups in total. The van der Waals surface area contributed by atoms with Crippen LogP contribution in [-0.2, 0) is 0 Å². The first-order chi connectivity index (χ1) is 11.7. The van der Waals surface area contributed by atoms with E-state index < -0.39 is 0 Å². The van der Waals surface area contributed by atoms with Crippen LogP contribution in [0.5, 0.6) is 0 Å². The van der Waals surface area contributed by atoms with Crippen molar-refractivity contribution in [2.45, 2.75) is 25.7 Å². The van der Waals surface area contributed by atoms with Crippen LogP contribution in [-0.4, -0.2) is 44.3 Å². The molecule has 1 unspecified atom stereocenters. The molecule has 1 fully saturated rings. The summed E-state index contributed by atoms with van der Waals surface area (Å²) in [7, 11) is 0. The molecule has 0 aliphatic carbocycles. The van der Waals surface area contributed by atoms with Gasteiger partial charge in [0, 0.05) is 25.1 Å². The Morgan fingerprint density at radius 3 is 3.12 bits per heavy atom. The summed E-state index contributed by atoms with van der Waals surface area (Å²) in [4.78, 5) is 14.6. The first kappa shape index (κ1) is 15.1. The Labute approximate surface area is 142 Å². The van der Waals surface area contributed by atoms with Crippen LogP contribution in [0, 0.1) is 6.92 Å². The lowest BCUT2D eigenvalue weighted by atomic mass is 9.98. The summed E-state index contributed by atoms with van der Waals surface area (Å²) >= 11 is 1.61. The molecular formula is C16H17N5O2S. The van der Waals surface area contributed by atoms with Gasteiger partial charge in [0.15, 0.2) is 11.5 Å². The van der Waals surface area contributed by atoms with Crippen molar-refractivity contribution in [1.29, 1.82) is 0 Å². The lowest BCUT2D eigenvalue weighted by Gasteiger charge is -2.31. The van der Waals surface area contributed by atoms with Crippen LogP contribution in [0.2, 0.25) is 0 Å². The standard InChI is InChI=1S/C16H17N5O2S/c1-10-17-20-15(24-10)11-4-2-6-21(9-11)16(22)13-8-12(18-19-13)14-5-3-7-23-14/h3,5,7-8,11H,2,4,6,9H2,1H3,(H,18,19). The zero-order chi connectivity index (χ0) is 16.5. The molecule has 124 valence electrons. The molecule has 0 spiro atoms. The lowest BCUT2D eigenvalue weighted by Crippen LogP contribution is -2.39. The number of rotatable bonds is 3. The molecule has 1 aliphatic heterocycles. The van der Waals surface area contributed by atoms with E-state index in [2.05, 4.69) is 20.4 Å². The quantitative estimate of drug-likeness (QED) is 0.790. The Bertz CT molecular complexity index is 838. The maximum absolute atomic E-state index is 12.7. The number of furan rings is 1. The molecular weight excluding hydrogens is 326 g/mol. The highest BCUT2D eigenvalue weighted by Crippen LogP contribution is 2.29. The van der Waals surface area contributed by atoms with E-state index in [1.807, 2.05) is 17.9 Å². The van der Waals surface area contributed by atoms with Gasteiger partial charge in [0.2, 0.25) is 0 Å². The average molecular weight is 343 g/mol. The summed E-state index contributed by atoms with van der Waals surface area (Å²) in [6.45, 7) is 3.36. The van der Waals surface area contributed by atoms with Crippen LogP contribution in [0.15, 0.2) is 28.9 Å². The van der Waals surface area contributed by atoms with Gasteiger partial charge in [-0.05, 0) is 31.9 Å². The highest BCUT2D eigenvalue weighted by molar-refractivity contribution is 7.11. The van der Waals surface area contributed by atoms with Gasteiger partial charge in [-0.1, -0.05) is 0 Å². The number of piperidine rings is 1. The van der Waals surface area contributed by atoms with Gasteiger partial charge in [-0.2, -0.15) is 5.10 Å². The van der Waals surface area contributed by atoms with Crippen LogP contribution in [0.25, 0.3) is 11.5 Å². The Hall–Kier alpha value is -2.48. The average Bonchev–Trinajstić information content (AvgIpc) is 3.34. The van der Waals surface area contributed by atoms with Crippen LogP contribution in [0.3, 0.4) is 0 Å². The third-order valence-corrected chi connectivity index (χ3v) is 5.18. The monoisotopic (exact) mass is 343 g/mol.